The summed E-state index contributed by atoms with van der Waals surface area (Å²) in [5.41, 5.74) is 0. The van der Waals surface area contributed by atoms with Gasteiger partial charge in [-0.3, -0.25) is 9.69 Å². The lowest BCUT2D eigenvalue weighted by molar-refractivity contribution is -0.144. The van der Waals surface area contributed by atoms with Crippen molar-refractivity contribution in [1.82, 2.24) is 9.80 Å². The molecule has 3 heterocycles. The highest BCUT2D eigenvalue weighted by molar-refractivity contribution is 5.82. The fourth-order valence-electron chi connectivity index (χ4n) is 5.14. The second-order valence-electron chi connectivity index (χ2n) is 7.96. The van der Waals surface area contributed by atoms with Crippen LogP contribution in [0.3, 0.4) is 0 Å². The van der Waals surface area contributed by atoms with E-state index < -0.39 is 0 Å². The van der Waals surface area contributed by atoms with Crippen molar-refractivity contribution in [1.29, 1.82) is 0 Å². The number of amides is 1. The first-order chi connectivity index (χ1) is 11.8. The van der Waals surface area contributed by atoms with E-state index in [-0.39, 0.29) is 12.3 Å². The Hall–Kier alpha value is -0.650. The second-order valence-corrected chi connectivity index (χ2v) is 7.96. The maximum atomic E-state index is 13.2. The first-order valence-electron chi connectivity index (χ1n) is 10.1. The van der Waals surface area contributed by atoms with Crippen molar-refractivity contribution in [3.63, 3.8) is 0 Å². The summed E-state index contributed by atoms with van der Waals surface area (Å²) in [4.78, 5) is 17.9. The lowest BCUT2D eigenvalue weighted by atomic mass is 9.93. The van der Waals surface area contributed by atoms with Gasteiger partial charge in [0, 0.05) is 25.0 Å². The van der Waals surface area contributed by atoms with E-state index in [1.807, 2.05) is 0 Å². The maximum absolute atomic E-state index is 13.2. The van der Waals surface area contributed by atoms with Crippen molar-refractivity contribution >= 4 is 5.91 Å². The molecule has 1 saturated carbocycles. The highest BCUT2D eigenvalue weighted by Crippen LogP contribution is 2.32. The lowest BCUT2D eigenvalue weighted by Crippen LogP contribution is -2.55. The van der Waals surface area contributed by atoms with E-state index in [0.29, 0.717) is 17.9 Å². The van der Waals surface area contributed by atoms with Crippen LogP contribution in [0.4, 0.5) is 0 Å². The largest absolute Gasteiger partial charge is 0.350 e. The summed E-state index contributed by atoms with van der Waals surface area (Å²) in [6, 6.07) is 0.814. The fraction of sp³-hybridized carbons (Fsp3) is 0.947. The molecule has 1 atom stereocenters. The summed E-state index contributed by atoms with van der Waals surface area (Å²) in [7, 11) is 0. The molecule has 24 heavy (non-hydrogen) atoms. The number of nitrogens with zero attached hydrogens (tertiary/aromatic N) is 2. The van der Waals surface area contributed by atoms with Crippen molar-refractivity contribution in [2.24, 2.45) is 5.92 Å². The highest BCUT2D eigenvalue weighted by Gasteiger charge is 2.38. The third-order valence-corrected chi connectivity index (χ3v) is 6.51. The number of carbonyl (C=O) groups excluding carboxylic acids is 1. The van der Waals surface area contributed by atoms with Crippen LogP contribution in [-0.4, -0.2) is 66.9 Å². The Balaban J connectivity index is 1.34. The van der Waals surface area contributed by atoms with Crippen molar-refractivity contribution in [3.05, 3.63) is 0 Å². The predicted molar refractivity (Wildman–Crippen MR) is 91.6 cm³/mol. The molecule has 0 radical (unpaired) electrons. The third kappa shape index (κ3) is 3.49. The SMILES string of the molecule is O=C([C@@H]1CCCCN1C1CCCC1)N1CCC(C2OCCO2)CC1. The van der Waals surface area contributed by atoms with E-state index in [2.05, 4.69) is 9.80 Å². The molecule has 0 spiro atoms. The van der Waals surface area contributed by atoms with Crippen molar-refractivity contribution < 1.29 is 14.3 Å². The van der Waals surface area contributed by atoms with Crippen LogP contribution < -0.4 is 0 Å². The van der Waals surface area contributed by atoms with Gasteiger partial charge in [0.25, 0.3) is 0 Å². The Morgan fingerprint density at radius 3 is 2.17 bits per heavy atom. The summed E-state index contributed by atoms with van der Waals surface area (Å²) in [5, 5.41) is 0. The van der Waals surface area contributed by atoms with Crippen LogP contribution >= 0.6 is 0 Å². The van der Waals surface area contributed by atoms with E-state index in [4.69, 9.17) is 9.47 Å². The van der Waals surface area contributed by atoms with Gasteiger partial charge in [0.1, 0.15) is 0 Å². The summed E-state index contributed by atoms with van der Waals surface area (Å²) >= 11 is 0. The molecule has 1 amide bonds. The van der Waals surface area contributed by atoms with E-state index in [9.17, 15) is 4.79 Å². The minimum absolute atomic E-state index is 0.0214. The molecule has 4 rings (SSSR count). The Bertz CT molecular complexity index is 424. The normalized spacial score (nSPS) is 31.8. The summed E-state index contributed by atoms with van der Waals surface area (Å²) in [6.45, 7) is 4.33. The van der Waals surface area contributed by atoms with Gasteiger partial charge in [0.2, 0.25) is 5.91 Å². The van der Waals surface area contributed by atoms with Gasteiger partial charge >= 0.3 is 0 Å². The molecule has 0 unspecified atom stereocenters. The summed E-state index contributed by atoms with van der Waals surface area (Å²) < 4.78 is 11.3. The van der Waals surface area contributed by atoms with Crippen molar-refractivity contribution in [2.75, 3.05) is 32.8 Å². The van der Waals surface area contributed by atoms with Gasteiger partial charge in [0.05, 0.1) is 19.3 Å². The zero-order valence-corrected chi connectivity index (χ0v) is 14.8. The molecule has 0 aromatic rings. The number of piperidine rings is 2. The summed E-state index contributed by atoms with van der Waals surface area (Å²) in [6.07, 6.45) is 10.8. The van der Waals surface area contributed by atoms with Crippen LogP contribution in [0, 0.1) is 5.92 Å². The monoisotopic (exact) mass is 336 g/mol. The fourth-order valence-corrected chi connectivity index (χ4v) is 5.14. The molecule has 0 aromatic heterocycles. The van der Waals surface area contributed by atoms with Crippen molar-refractivity contribution in [2.45, 2.75) is 76.2 Å². The minimum atomic E-state index is -0.0214. The van der Waals surface area contributed by atoms with Gasteiger partial charge in [-0.05, 0) is 45.1 Å². The van der Waals surface area contributed by atoms with Gasteiger partial charge in [-0.2, -0.15) is 0 Å². The zero-order valence-electron chi connectivity index (χ0n) is 14.8. The quantitative estimate of drug-likeness (QED) is 0.794. The Morgan fingerprint density at radius 1 is 0.792 bits per heavy atom. The van der Waals surface area contributed by atoms with Gasteiger partial charge in [-0.1, -0.05) is 19.3 Å². The number of carbonyl (C=O) groups is 1. The average Bonchev–Trinajstić information content (AvgIpc) is 3.35. The minimum Gasteiger partial charge on any atom is -0.350 e. The van der Waals surface area contributed by atoms with Crippen molar-refractivity contribution in [3.8, 4) is 0 Å². The second kappa shape index (κ2) is 7.71. The molecular weight excluding hydrogens is 304 g/mol. The predicted octanol–water partition coefficient (Wildman–Crippen LogP) is 2.40. The number of hydrogen-bond donors (Lipinski definition) is 0. The van der Waals surface area contributed by atoms with Crippen LogP contribution in [0.15, 0.2) is 0 Å². The number of ether oxygens (including phenoxy) is 2. The maximum Gasteiger partial charge on any atom is 0.239 e. The molecule has 0 aromatic carbocycles. The first kappa shape index (κ1) is 16.8. The molecule has 4 fully saturated rings. The Morgan fingerprint density at radius 2 is 1.46 bits per heavy atom. The number of rotatable bonds is 3. The van der Waals surface area contributed by atoms with E-state index >= 15 is 0 Å². The standard InChI is InChI=1S/C19H32N2O3/c22-18(17-7-3-4-10-21(17)16-5-1-2-6-16)20-11-8-15(9-12-20)19-23-13-14-24-19/h15-17,19H,1-14H2/t17-/m0/s1. The smallest absolute Gasteiger partial charge is 0.239 e. The number of hydrogen-bond acceptors (Lipinski definition) is 4. The zero-order chi connectivity index (χ0) is 16.4. The molecule has 3 saturated heterocycles. The summed E-state index contributed by atoms with van der Waals surface area (Å²) in [5.74, 6) is 0.863. The van der Waals surface area contributed by atoms with Gasteiger partial charge in [-0.25, -0.2) is 0 Å². The van der Waals surface area contributed by atoms with E-state index in [1.165, 1.54) is 38.5 Å². The Labute approximate surface area is 145 Å². The first-order valence-corrected chi connectivity index (χ1v) is 10.1. The molecular formula is C19H32N2O3. The molecule has 1 aliphatic carbocycles. The third-order valence-electron chi connectivity index (χ3n) is 6.51. The lowest BCUT2D eigenvalue weighted by Gasteiger charge is -2.42. The number of likely N-dealkylation sites (tertiary alicyclic amines) is 2. The molecule has 4 aliphatic rings. The molecule has 136 valence electrons. The van der Waals surface area contributed by atoms with Crippen LogP contribution in [0.2, 0.25) is 0 Å². The van der Waals surface area contributed by atoms with E-state index in [1.54, 1.807) is 0 Å². The van der Waals surface area contributed by atoms with Crippen LogP contribution in [-0.2, 0) is 14.3 Å². The van der Waals surface area contributed by atoms with Gasteiger partial charge in [-0.15, -0.1) is 0 Å². The topological polar surface area (TPSA) is 42.0 Å². The van der Waals surface area contributed by atoms with Gasteiger partial charge < -0.3 is 14.4 Å². The molecule has 5 heteroatoms. The molecule has 0 bridgehead atoms. The average molecular weight is 336 g/mol. The Kier molecular flexibility index (Phi) is 5.40. The van der Waals surface area contributed by atoms with Crippen LogP contribution in [0.1, 0.15) is 57.8 Å². The molecule has 5 nitrogen and oxygen atoms in total. The van der Waals surface area contributed by atoms with Gasteiger partial charge in [0.15, 0.2) is 6.29 Å². The molecule has 3 aliphatic heterocycles. The molecule has 0 N–H and O–H groups in total. The van der Waals surface area contributed by atoms with E-state index in [0.717, 1.165) is 52.1 Å². The van der Waals surface area contributed by atoms with Crippen LogP contribution in [0.5, 0.6) is 0 Å². The highest BCUT2D eigenvalue weighted by atomic mass is 16.7. The van der Waals surface area contributed by atoms with Crippen LogP contribution in [0.25, 0.3) is 0 Å².